The summed E-state index contributed by atoms with van der Waals surface area (Å²) in [5.74, 6) is 5.74. The van der Waals surface area contributed by atoms with E-state index >= 15 is 0 Å². The highest BCUT2D eigenvalue weighted by Gasteiger charge is 2.21. The average molecular weight is 212 g/mol. The van der Waals surface area contributed by atoms with Crippen molar-refractivity contribution in [1.29, 1.82) is 0 Å². The number of aliphatic hydroxyl groups is 2. The summed E-state index contributed by atoms with van der Waals surface area (Å²) in [6.45, 7) is 10.4. The van der Waals surface area contributed by atoms with Gasteiger partial charge in [-0.1, -0.05) is 46.5 Å². The van der Waals surface area contributed by atoms with Gasteiger partial charge >= 0.3 is 0 Å². The van der Waals surface area contributed by atoms with Crippen molar-refractivity contribution in [3.8, 4) is 11.8 Å². The molecule has 0 bridgehead atoms. The SMILES string of the molecule is CCC(O)C#CC(O)CC(C)C(C)(C)C. The molecular formula is C13H24O2. The van der Waals surface area contributed by atoms with Gasteiger partial charge in [0, 0.05) is 0 Å². The van der Waals surface area contributed by atoms with Crippen LogP contribution in [0.5, 0.6) is 0 Å². The van der Waals surface area contributed by atoms with Crippen molar-refractivity contribution in [1.82, 2.24) is 0 Å². The fourth-order valence-electron chi connectivity index (χ4n) is 1.04. The average Bonchev–Trinajstić information content (AvgIpc) is 2.12. The molecule has 0 saturated carbocycles. The maximum atomic E-state index is 9.64. The van der Waals surface area contributed by atoms with Gasteiger partial charge in [0.1, 0.15) is 12.2 Å². The van der Waals surface area contributed by atoms with Gasteiger partial charge in [0.05, 0.1) is 0 Å². The summed E-state index contributed by atoms with van der Waals surface area (Å²) in [6, 6.07) is 0. The van der Waals surface area contributed by atoms with E-state index < -0.39 is 12.2 Å². The largest absolute Gasteiger partial charge is 0.380 e. The Balaban J connectivity index is 4.13. The van der Waals surface area contributed by atoms with Crippen LogP contribution >= 0.6 is 0 Å². The molecule has 15 heavy (non-hydrogen) atoms. The molecule has 0 aliphatic carbocycles. The highest BCUT2D eigenvalue weighted by Crippen LogP contribution is 2.28. The van der Waals surface area contributed by atoms with E-state index in [2.05, 4.69) is 39.5 Å². The zero-order valence-corrected chi connectivity index (χ0v) is 10.5. The number of aliphatic hydroxyl groups excluding tert-OH is 2. The van der Waals surface area contributed by atoms with Gasteiger partial charge in [0.15, 0.2) is 0 Å². The molecule has 0 aliphatic heterocycles. The lowest BCUT2D eigenvalue weighted by Gasteiger charge is -2.27. The summed E-state index contributed by atoms with van der Waals surface area (Å²) in [5, 5.41) is 18.9. The second kappa shape index (κ2) is 6.15. The van der Waals surface area contributed by atoms with E-state index in [0.29, 0.717) is 18.8 Å². The standard InChI is InChI=1S/C13H24O2/c1-6-11(14)7-8-12(15)9-10(2)13(3,4)5/h10-12,14-15H,6,9H2,1-5H3. The summed E-state index contributed by atoms with van der Waals surface area (Å²) in [7, 11) is 0. The Morgan fingerprint density at radius 3 is 1.93 bits per heavy atom. The molecule has 3 unspecified atom stereocenters. The van der Waals surface area contributed by atoms with E-state index in [-0.39, 0.29) is 5.41 Å². The van der Waals surface area contributed by atoms with Crippen molar-refractivity contribution in [2.75, 3.05) is 0 Å². The van der Waals surface area contributed by atoms with Crippen molar-refractivity contribution in [2.45, 2.75) is 59.7 Å². The highest BCUT2D eigenvalue weighted by atomic mass is 16.3. The number of hydrogen-bond acceptors (Lipinski definition) is 2. The fraction of sp³-hybridized carbons (Fsp3) is 0.846. The van der Waals surface area contributed by atoms with Crippen LogP contribution in [0.1, 0.15) is 47.5 Å². The molecule has 2 nitrogen and oxygen atoms in total. The molecule has 0 aromatic rings. The Hall–Kier alpha value is -0.520. The van der Waals surface area contributed by atoms with Crippen LogP contribution in [0.15, 0.2) is 0 Å². The second-order valence-electron chi connectivity index (χ2n) is 5.23. The summed E-state index contributed by atoms with van der Waals surface area (Å²) in [5.41, 5.74) is 0.187. The van der Waals surface area contributed by atoms with Crippen LogP contribution < -0.4 is 0 Å². The van der Waals surface area contributed by atoms with Crippen molar-refractivity contribution in [3.63, 3.8) is 0 Å². The van der Waals surface area contributed by atoms with E-state index in [9.17, 15) is 10.2 Å². The van der Waals surface area contributed by atoms with Gasteiger partial charge in [-0.15, -0.1) is 0 Å². The minimum absolute atomic E-state index is 0.187. The van der Waals surface area contributed by atoms with Crippen LogP contribution in [0.3, 0.4) is 0 Å². The van der Waals surface area contributed by atoms with Gasteiger partial charge in [0.25, 0.3) is 0 Å². The highest BCUT2D eigenvalue weighted by molar-refractivity contribution is 5.08. The maximum absolute atomic E-state index is 9.64. The van der Waals surface area contributed by atoms with E-state index in [1.54, 1.807) is 0 Å². The second-order valence-corrected chi connectivity index (χ2v) is 5.23. The van der Waals surface area contributed by atoms with E-state index in [1.807, 2.05) is 6.92 Å². The summed E-state index contributed by atoms with van der Waals surface area (Å²) in [4.78, 5) is 0. The molecule has 2 N–H and O–H groups in total. The fourth-order valence-corrected chi connectivity index (χ4v) is 1.04. The first-order valence-corrected chi connectivity index (χ1v) is 5.64. The third-order valence-corrected chi connectivity index (χ3v) is 2.86. The molecule has 0 fully saturated rings. The number of rotatable bonds is 3. The van der Waals surface area contributed by atoms with Crippen LogP contribution in [-0.4, -0.2) is 22.4 Å². The van der Waals surface area contributed by atoms with Crippen molar-refractivity contribution in [2.24, 2.45) is 11.3 Å². The maximum Gasteiger partial charge on any atom is 0.115 e. The molecular weight excluding hydrogens is 188 g/mol. The predicted molar refractivity (Wildman–Crippen MR) is 63.3 cm³/mol. The Bertz CT molecular complexity index is 229. The van der Waals surface area contributed by atoms with Gasteiger partial charge < -0.3 is 10.2 Å². The molecule has 0 aromatic heterocycles. The minimum atomic E-state index is -0.625. The smallest absolute Gasteiger partial charge is 0.115 e. The van der Waals surface area contributed by atoms with E-state index in [0.717, 1.165) is 0 Å². The summed E-state index contributed by atoms with van der Waals surface area (Å²) >= 11 is 0. The lowest BCUT2D eigenvalue weighted by molar-refractivity contribution is 0.148. The van der Waals surface area contributed by atoms with Crippen molar-refractivity contribution < 1.29 is 10.2 Å². The van der Waals surface area contributed by atoms with Crippen LogP contribution in [-0.2, 0) is 0 Å². The van der Waals surface area contributed by atoms with Gasteiger partial charge in [-0.3, -0.25) is 0 Å². The molecule has 0 amide bonds. The lowest BCUT2D eigenvalue weighted by atomic mass is 9.79. The Kier molecular flexibility index (Phi) is 5.93. The molecule has 0 radical (unpaired) electrons. The van der Waals surface area contributed by atoms with Gasteiger partial charge in [0.2, 0.25) is 0 Å². The van der Waals surface area contributed by atoms with Gasteiger partial charge in [-0.05, 0) is 24.2 Å². The van der Waals surface area contributed by atoms with Crippen LogP contribution in [0.25, 0.3) is 0 Å². The molecule has 0 saturated heterocycles. The minimum Gasteiger partial charge on any atom is -0.380 e. The molecule has 88 valence electrons. The molecule has 0 aliphatic rings. The summed E-state index contributed by atoms with van der Waals surface area (Å²) in [6.07, 6.45) is 0.0339. The van der Waals surface area contributed by atoms with Gasteiger partial charge in [-0.25, -0.2) is 0 Å². The molecule has 0 spiro atoms. The van der Waals surface area contributed by atoms with Crippen molar-refractivity contribution >= 4 is 0 Å². The van der Waals surface area contributed by atoms with E-state index in [4.69, 9.17) is 0 Å². The van der Waals surface area contributed by atoms with Crippen LogP contribution in [0, 0.1) is 23.2 Å². The van der Waals surface area contributed by atoms with E-state index in [1.165, 1.54) is 0 Å². The third-order valence-electron chi connectivity index (χ3n) is 2.86. The van der Waals surface area contributed by atoms with Crippen molar-refractivity contribution in [3.05, 3.63) is 0 Å². The predicted octanol–water partition coefficient (Wildman–Crippen LogP) is 2.19. The normalized spacial score (nSPS) is 17.5. The molecule has 0 heterocycles. The number of hydrogen-bond donors (Lipinski definition) is 2. The Morgan fingerprint density at radius 2 is 1.53 bits per heavy atom. The molecule has 0 aromatic carbocycles. The quantitative estimate of drug-likeness (QED) is 0.704. The van der Waals surface area contributed by atoms with Crippen LogP contribution in [0.2, 0.25) is 0 Å². The molecule has 0 rings (SSSR count). The summed E-state index contributed by atoms with van der Waals surface area (Å²) < 4.78 is 0. The zero-order chi connectivity index (χ0) is 12.1. The lowest BCUT2D eigenvalue weighted by Crippen LogP contribution is -2.22. The topological polar surface area (TPSA) is 40.5 Å². The zero-order valence-electron chi connectivity index (χ0n) is 10.5. The monoisotopic (exact) mass is 212 g/mol. The Labute approximate surface area is 93.7 Å². The first kappa shape index (κ1) is 14.5. The van der Waals surface area contributed by atoms with Gasteiger partial charge in [-0.2, -0.15) is 0 Å². The van der Waals surface area contributed by atoms with Crippen LogP contribution in [0.4, 0.5) is 0 Å². The molecule has 3 atom stereocenters. The first-order valence-electron chi connectivity index (χ1n) is 5.64. The Morgan fingerprint density at radius 1 is 1.07 bits per heavy atom. The third kappa shape index (κ3) is 6.54. The first-order chi connectivity index (χ1) is 6.77. The molecule has 2 heteroatoms.